The Morgan fingerprint density at radius 1 is 1.47 bits per heavy atom. The Morgan fingerprint density at radius 3 is 2.82 bits per heavy atom. The average molecular weight is 228 g/mol. The number of rotatable bonds is 6. The first kappa shape index (κ1) is 13.8. The van der Waals surface area contributed by atoms with E-state index in [1.54, 1.807) is 0 Å². The summed E-state index contributed by atoms with van der Waals surface area (Å²) in [6.45, 7) is 12.1. The van der Waals surface area contributed by atoms with Crippen LogP contribution in [0.2, 0.25) is 0 Å². The fourth-order valence-electron chi connectivity index (χ4n) is 2.21. The van der Waals surface area contributed by atoms with Gasteiger partial charge in [0.25, 0.3) is 0 Å². The molecular formula is C17H24. The highest BCUT2D eigenvalue weighted by atomic mass is 14.2. The summed E-state index contributed by atoms with van der Waals surface area (Å²) >= 11 is 0. The molecule has 17 heavy (non-hydrogen) atoms. The first-order valence-corrected chi connectivity index (χ1v) is 6.48. The van der Waals surface area contributed by atoms with Crippen LogP contribution in [0.1, 0.15) is 33.1 Å². The maximum atomic E-state index is 3.91. The van der Waals surface area contributed by atoms with Crippen molar-refractivity contribution >= 4 is 0 Å². The SMILES string of the molecule is C=CCC(C=C)CC1=CCC(C)C(/C=C\C)=C1. The Morgan fingerprint density at radius 2 is 2.24 bits per heavy atom. The molecule has 0 radical (unpaired) electrons. The van der Waals surface area contributed by atoms with Crippen LogP contribution in [-0.4, -0.2) is 0 Å². The highest BCUT2D eigenvalue weighted by Crippen LogP contribution is 2.28. The van der Waals surface area contributed by atoms with Crippen molar-refractivity contribution in [2.45, 2.75) is 33.1 Å². The number of hydrogen-bond donors (Lipinski definition) is 0. The molecule has 1 aliphatic rings. The highest BCUT2D eigenvalue weighted by Gasteiger charge is 2.13. The molecule has 0 aliphatic heterocycles. The van der Waals surface area contributed by atoms with E-state index in [9.17, 15) is 0 Å². The van der Waals surface area contributed by atoms with Crippen molar-refractivity contribution in [3.05, 3.63) is 60.8 Å². The quantitative estimate of drug-likeness (QED) is 0.546. The lowest BCUT2D eigenvalue weighted by Crippen LogP contribution is -2.05. The largest absolute Gasteiger partial charge is 0.103 e. The van der Waals surface area contributed by atoms with Gasteiger partial charge in [-0.25, -0.2) is 0 Å². The summed E-state index contributed by atoms with van der Waals surface area (Å²) in [6.07, 6.45) is 16.4. The van der Waals surface area contributed by atoms with Crippen LogP contribution >= 0.6 is 0 Å². The zero-order chi connectivity index (χ0) is 12.7. The van der Waals surface area contributed by atoms with Crippen LogP contribution in [0.3, 0.4) is 0 Å². The van der Waals surface area contributed by atoms with Crippen molar-refractivity contribution in [1.82, 2.24) is 0 Å². The summed E-state index contributed by atoms with van der Waals surface area (Å²) in [5, 5.41) is 0. The van der Waals surface area contributed by atoms with Crippen LogP contribution in [0.15, 0.2) is 60.8 Å². The molecule has 0 saturated heterocycles. The standard InChI is InChI=1S/C17H24/c1-5-8-15(7-3)12-16-11-10-14(4)17(13-16)9-6-2/h5-7,9,11,13-15H,1,3,8,10,12H2,2,4H3/b9-6-. The zero-order valence-corrected chi connectivity index (χ0v) is 11.2. The Bertz CT molecular complexity index is 352. The van der Waals surface area contributed by atoms with E-state index in [1.807, 2.05) is 12.2 Å². The van der Waals surface area contributed by atoms with E-state index in [4.69, 9.17) is 0 Å². The molecule has 0 heteroatoms. The van der Waals surface area contributed by atoms with Gasteiger partial charge in [-0.3, -0.25) is 0 Å². The van der Waals surface area contributed by atoms with Gasteiger partial charge in [-0.15, -0.1) is 13.2 Å². The Labute approximate surface area is 106 Å². The molecule has 0 saturated carbocycles. The molecule has 0 N–H and O–H groups in total. The van der Waals surface area contributed by atoms with E-state index < -0.39 is 0 Å². The molecule has 1 aliphatic carbocycles. The van der Waals surface area contributed by atoms with Gasteiger partial charge < -0.3 is 0 Å². The second kappa shape index (κ2) is 7.11. The zero-order valence-electron chi connectivity index (χ0n) is 11.2. The Balaban J connectivity index is 2.72. The van der Waals surface area contributed by atoms with Crippen LogP contribution in [0.5, 0.6) is 0 Å². The monoisotopic (exact) mass is 228 g/mol. The van der Waals surface area contributed by atoms with Crippen LogP contribution in [-0.2, 0) is 0 Å². The second-order valence-corrected chi connectivity index (χ2v) is 4.78. The third-order valence-electron chi connectivity index (χ3n) is 3.31. The van der Waals surface area contributed by atoms with Crippen molar-refractivity contribution < 1.29 is 0 Å². The molecular weight excluding hydrogens is 204 g/mol. The van der Waals surface area contributed by atoms with E-state index in [1.165, 1.54) is 11.1 Å². The first-order chi connectivity index (χ1) is 8.21. The van der Waals surface area contributed by atoms with Crippen LogP contribution in [0, 0.1) is 11.8 Å². The fraction of sp³-hybridized carbons (Fsp3) is 0.412. The van der Waals surface area contributed by atoms with E-state index in [0.717, 1.165) is 19.3 Å². The van der Waals surface area contributed by atoms with E-state index in [0.29, 0.717) is 11.8 Å². The van der Waals surface area contributed by atoms with Crippen molar-refractivity contribution in [3.63, 3.8) is 0 Å². The fourth-order valence-corrected chi connectivity index (χ4v) is 2.21. The van der Waals surface area contributed by atoms with Crippen molar-refractivity contribution in [1.29, 1.82) is 0 Å². The van der Waals surface area contributed by atoms with Gasteiger partial charge in [-0.2, -0.15) is 0 Å². The van der Waals surface area contributed by atoms with Gasteiger partial charge in [-0.05, 0) is 43.6 Å². The molecule has 0 bridgehead atoms. The molecule has 0 aromatic rings. The molecule has 0 aromatic heterocycles. The van der Waals surface area contributed by atoms with Gasteiger partial charge >= 0.3 is 0 Å². The van der Waals surface area contributed by atoms with E-state index in [-0.39, 0.29) is 0 Å². The normalized spacial score (nSPS) is 21.9. The molecule has 0 amide bonds. The minimum Gasteiger partial charge on any atom is -0.103 e. The first-order valence-electron chi connectivity index (χ1n) is 6.48. The molecule has 0 spiro atoms. The third kappa shape index (κ3) is 4.22. The summed E-state index contributed by atoms with van der Waals surface area (Å²) < 4.78 is 0. The van der Waals surface area contributed by atoms with Crippen molar-refractivity contribution in [2.75, 3.05) is 0 Å². The van der Waals surface area contributed by atoms with Gasteiger partial charge in [0.15, 0.2) is 0 Å². The summed E-state index contributed by atoms with van der Waals surface area (Å²) in [6, 6.07) is 0. The minimum atomic E-state index is 0.523. The number of hydrogen-bond acceptors (Lipinski definition) is 0. The lowest BCUT2D eigenvalue weighted by atomic mass is 9.85. The lowest BCUT2D eigenvalue weighted by molar-refractivity contribution is 0.640. The highest BCUT2D eigenvalue weighted by molar-refractivity contribution is 5.36. The Kier molecular flexibility index (Phi) is 5.76. The van der Waals surface area contributed by atoms with Gasteiger partial charge in [0.1, 0.15) is 0 Å². The summed E-state index contributed by atoms with van der Waals surface area (Å²) in [5.41, 5.74) is 2.90. The van der Waals surface area contributed by atoms with Crippen LogP contribution in [0.4, 0.5) is 0 Å². The molecule has 2 unspecified atom stereocenters. The maximum Gasteiger partial charge on any atom is -0.0156 e. The van der Waals surface area contributed by atoms with Crippen molar-refractivity contribution in [2.24, 2.45) is 11.8 Å². The minimum absolute atomic E-state index is 0.523. The maximum absolute atomic E-state index is 3.91. The smallest absolute Gasteiger partial charge is 0.0156 e. The molecule has 0 nitrogen and oxygen atoms in total. The van der Waals surface area contributed by atoms with Crippen molar-refractivity contribution in [3.8, 4) is 0 Å². The number of allylic oxidation sites excluding steroid dienone is 8. The van der Waals surface area contributed by atoms with Gasteiger partial charge in [0.05, 0.1) is 0 Å². The summed E-state index contributed by atoms with van der Waals surface area (Å²) in [4.78, 5) is 0. The molecule has 0 aromatic carbocycles. The molecule has 1 rings (SSSR count). The van der Waals surface area contributed by atoms with Gasteiger partial charge in [0, 0.05) is 0 Å². The lowest BCUT2D eigenvalue weighted by Gasteiger charge is -2.20. The molecule has 2 atom stereocenters. The predicted molar refractivity (Wildman–Crippen MR) is 77.9 cm³/mol. The average Bonchev–Trinajstić information content (AvgIpc) is 2.33. The summed E-state index contributed by atoms with van der Waals surface area (Å²) in [5.74, 6) is 1.17. The van der Waals surface area contributed by atoms with E-state index >= 15 is 0 Å². The summed E-state index contributed by atoms with van der Waals surface area (Å²) in [7, 11) is 0. The van der Waals surface area contributed by atoms with Gasteiger partial charge in [-0.1, -0.05) is 49.0 Å². The third-order valence-corrected chi connectivity index (χ3v) is 3.31. The van der Waals surface area contributed by atoms with E-state index in [2.05, 4.69) is 51.3 Å². The molecule has 92 valence electrons. The molecule has 0 heterocycles. The topological polar surface area (TPSA) is 0 Å². The van der Waals surface area contributed by atoms with Gasteiger partial charge in [0.2, 0.25) is 0 Å². The second-order valence-electron chi connectivity index (χ2n) is 4.78. The van der Waals surface area contributed by atoms with Crippen LogP contribution < -0.4 is 0 Å². The Hall–Kier alpha value is -1.30. The van der Waals surface area contributed by atoms with Crippen LogP contribution in [0.25, 0.3) is 0 Å². The predicted octanol–water partition coefficient (Wildman–Crippen LogP) is 5.22. The molecule has 0 fully saturated rings.